The lowest BCUT2D eigenvalue weighted by atomic mass is 10.0. The lowest BCUT2D eigenvalue weighted by Gasteiger charge is -2.37. The number of nitrogens with one attached hydrogen (secondary N) is 1. The number of carbonyl (C=O) groups is 2. The largest absolute Gasteiger partial charge is 0.487 e. The van der Waals surface area contributed by atoms with Gasteiger partial charge in [-0.3, -0.25) is 4.79 Å². The molecule has 3 atom stereocenters. The Kier molecular flexibility index (Phi) is 9.55. The van der Waals surface area contributed by atoms with Crippen molar-refractivity contribution in [2.45, 2.75) is 30.9 Å². The summed E-state index contributed by atoms with van der Waals surface area (Å²) in [5.74, 6) is -0.347. The molecule has 1 heterocycles. The van der Waals surface area contributed by atoms with Gasteiger partial charge in [-0.1, -0.05) is 43.3 Å². The lowest BCUT2D eigenvalue weighted by Crippen LogP contribution is -2.50. The predicted octanol–water partition coefficient (Wildman–Crippen LogP) is 3.99. The van der Waals surface area contributed by atoms with Crippen LogP contribution in [0.1, 0.15) is 24.2 Å². The molecule has 2 N–H and O–H groups in total. The zero-order valence-electron chi connectivity index (χ0n) is 24.5. The topological polar surface area (TPSA) is 119 Å². The average Bonchev–Trinajstić information content (AvgIpc) is 2.98. The second kappa shape index (κ2) is 12.9. The number of aliphatic hydroxyl groups is 1. The van der Waals surface area contributed by atoms with Crippen LogP contribution in [-0.2, 0) is 10.0 Å². The van der Waals surface area contributed by atoms with Crippen molar-refractivity contribution in [3.05, 3.63) is 78.4 Å². The Morgan fingerprint density at radius 1 is 1.02 bits per heavy atom. The minimum atomic E-state index is -4.03. The van der Waals surface area contributed by atoms with Gasteiger partial charge in [-0.05, 0) is 54.4 Å². The van der Waals surface area contributed by atoms with E-state index in [0.29, 0.717) is 16.8 Å². The third kappa shape index (κ3) is 6.75. The number of ether oxygens (including phenoxy) is 1. The van der Waals surface area contributed by atoms with E-state index in [-0.39, 0.29) is 48.2 Å². The highest BCUT2D eigenvalue weighted by Gasteiger charge is 2.38. The first-order valence-corrected chi connectivity index (χ1v) is 15.2. The molecule has 10 nitrogen and oxygen atoms in total. The number of urea groups is 1. The SMILES string of the molecule is C[C@@H]1CN([C@H](C)CO)S(=O)(=O)c2ccc(-c3cccc(C(=O)N(C)C)c3)cc2O[C@@H]1CN(C)C(=O)Nc1ccccc1. The third-order valence-electron chi connectivity index (χ3n) is 7.34. The summed E-state index contributed by atoms with van der Waals surface area (Å²) in [5.41, 5.74) is 2.54. The first-order chi connectivity index (χ1) is 19.9. The molecule has 42 heavy (non-hydrogen) atoms. The highest BCUT2D eigenvalue weighted by Crippen LogP contribution is 2.37. The molecule has 1 aliphatic heterocycles. The van der Waals surface area contributed by atoms with E-state index in [1.54, 1.807) is 70.5 Å². The molecule has 0 saturated carbocycles. The van der Waals surface area contributed by atoms with Gasteiger partial charge < -0.3 is 25.0 Å². The van der Waals surface area contributed by atoms with E-state index < -0.39 is 22.2 Å². The van der Waals surface area contributed by atoms with Gasteiger partial charge in [0, 0.05) is 50.9 Å². The molecule has 3 amide bonds. The fourth-order valence-electron chi connectivity index (χ4n) is 4.81. The normalized spacial score (nSPS) is 18.9. The molecular weight excluding hydrogens is 556 g/mol. The molecule has 0 unspecified atom stereocenters. The van der Waals surface area contributed by atoms with Gasteiger partial charge in [0.2, 0.25) is 10.0 Å². The van der Waals surface area contributed by atoms with Crippen molar-refractivity contribution in [3.8, 4) is 16.9 Å². The van der Waals surface area contributed by atoms with Crippen LogP contribution in [-0.4, -0.2) is 92.6 Å². The van der Waals surface area contributed by atoms with Crippen molar-refractivity contribution in [1.29, 1.82) is 0 Å². The van der Waals surface area contributed by atoms with Gasteiger partial charge >= 0.3 is 6.03 Å². The minimum absolute atomic E-state index is 0.0274. The zero-order valence-corrected chi connectivity index (χ0v) is 25.3. The molecule has 4 rings (SSSR count). The molecule has 11 heteroatoms. The zero-order chi connectivity index (χ0) is 30.6. The summed E-state index contributed by atoms with van der Waals surface area (Å²) >= 11 is 0. The quantitative estimate of drug-likeness (QED) is 0.427. The maximum absolute atomic E-state index is 13.8. The second-order valence-corrected chi connectivity index (χ2v) is 12.7. The summed E-state index contributed by atoms with van der Waals surface area (Å²) in [5, 5.41) is 12.8. The Morgan fingerprint density at radius 3 is 2.38 bits per heavy atom. The number of anilines is 1. The maximum Gasteiger partial charge on any atom is 0.321 e. The van der Waals surface area contributed by atoms with Crippen molar-refractivity contribution in [3.63, 3.8) is 0 Å². The molecule has 0 fully saturated rings. The highest BCUT2D eigenvalue weighted by molar-refractivity contribution is 7.89. The summed E-state index contributed by atoms with van der Waals surface area (Å²) in [7, 11) is 0.977. The van der Waals surface area contributed by atoms with Crippen LogP contribution in [0.2, 0.25) is 0 Å². The molecular formula is C31H38N4O6S. The number of aliphatic hydroxyl groups excluding tert-OH is 1. The number of hydrogen-bond acceptors (Lipinski definition) is 6. The number of benzene rings is 3. The Morgan fingerprint density at radius 2 is 1.71 bits per heavy atom. The van der Waals surface area contributed by atoms with E-state index in [1.165, 1.54) is 20.2 Å². The molecule has 0 bridgehead atoms. The number of sulfonamides is 1. The van der Waals surface area contributed by atoms with Gasteiger partial charge in [-0.15, -0.1) is 0 Å². The molecule has 3 aromatic carbocycles. The molecule has 0 aromatic heterocycles. The number of hydrogen-bond donors (Lipinski definition) is 2. The fraction of sp³-hybridized carbons (Fsp3) is 0.355. The number of carbonyl (C=O) groups excluding carboxylic acids is 2. The van der Waals surface area contributed by atoms with E-state index in [2.05, 4.69) is 5.32 Å². The third-order valence-corrected chi connectivity index (χ3v) is 9.36. The Labute approximate surface area is 247 Å². The van der Waals surface area contributed by atoms with Gasteiger partial charge in [0.15, 0.2) is 0 Å². The van der Waals surface area contributed by atoms with Crippen LogP contribution in [0.25, 0.3) is 11.1 Å². The Bertz CT molecular complexity index is 1530. The van der Waals surface area contributed by atoms with E-state index in [0.717, 1.165) is 5.56 Å². The first-order valence-electron chi connectivity index (χ1n) is 13.7. The van der Waals surface area contributed by atoms with E-state index in [9.17, 15) is 23.1 Å². The van der Waals surface area contributed by atoms with Crippen molar-refractivity contribution in [2.75, 3.05) is 46.2 Å². The van der Waals surface area contributed by atoms with E-state index >= 15 is 0 Å². The molecule has 1 aliphatic rings. The maximum atomic E-state index is 13.8. The van der Waals surface area contributed by atoms with Crippen LogP contribution in [0.3, 0.4) is 0 Å². The molecule has 0 aliphatic carbocycles. The van der Waals surface area contributed by atoms with Crippen molar-refractivity contribution >= 4 is 27.6 Å². The lowest BCUT2D eigenvalue weighted by molar-refractivity contribution is 0.0827. The van der Waals surface area contributed by atoms with Gasteiger partial charge in [-0.2, -0.15) is 4.31 Å². The predicted molar refractivity (Wildman–Crippen MR) is 162 cm³/mol. The number of fused-ring (bicyclic) bond motifs is 1. The van der Waals surface area contributed by atoms with Crippen LogP contribution in [0.5, 0.6) is 5.75 Å². The van der Waals surface area contributed by atoms with Crippen molar-refractivity contribution in [1.82, 2.24) is 14.1 Å². The smallest absolute Gasteiger partial charge is 0.321 e. The van der Waals surface area contributed by atoms with E-state index in [1.807, 2.05) is 31.2 Å². The van der Waals surface area contributed by atoms with Crippen molar-refractivity contribution in [2.24, 2.45) is 5.92 Å². The van der Waals surface area contributed by atoms with Crippen LogP contribution < -0.4 is 10.1 Å². The van der Waals surface area contributed by atoms with Crippen LogP contribution in [0.4, 0.5) is 10.5 Å². The fourth-order valence-corrected chi connectivity index (χ4v) is 6.63. The number of para-hydroxylation sites is 1. The summed E-state index contributed by atoms with van der Waals surface area (Å²) in [4.78, 5) is 28.5. The van der Waals surface area contributed by atoms with Gasteiger partial charge in [0.1, 0.15) is 16.7 Å². The standard InChI is InChI=1S/C31H38N4O6S/c1-21-18-35(22(2)20-36)42(39,40)29-15-14-24(23-10-9-11-25(16-23)30(37)33(3)4)17-27(29)41-28(21)19-34(5)31(38)32-26-12-7-6-8-13-26/h6-17,21-22,28,36H,18-20H2,1-5H3,(H,32,38)/t21-,22-,28-/m1/s1. The minimum Gasteiger partial charge on any atom is -0.487 e. The summed E-state index contributed by atoms with van der Waals surface area (Å²) in [6.45, 7) is 3.45. The van der Waals surface area contributed by atoms with Crippen LogP contribution in [0.15, 0.2) is 77.7 Å². The van der Waals surface area contributed by atoms with Gasteiger partial charge in [-0.25, -0.2) is 13.2 Å². The average molecular weight is 595 g/mol. The Balaban J connectivity index is 1.72. The summed E-state index contributed by atoms with van der Waals surface area (Å²) in [6, 6.07) is 20.0. The second-order valence-electron chi connectivity index (χ2n) is 10.9. The summed E-state index contributed by atoms with van der Waals surface area (Å²) < 4.78 is 35.4. The molecule has 224 valence electrons. The van der Waals surface area contributed by atoms with Gasteiger partial charge in [0.05, 0.1) is 13.2 Å². The highest BCUT2D eigenvalue weighted by atomic mass is 32.2. The van der Waals surface area contributed by atoms with Gasteiger partial charge in [0.25, 0.3) is 5.91 Å². The van der Waals surface area contributed by atoms with Crippen LogP contribution >= 0.6 is 0 Å². The monoisotopic (exact) mass is 594 g/mol. The Hall–Kier alpha value is -3.93. The number of likely N-dealkylation sites (N-methyl/N-ethyl adjacent to an activating group) is 1. The molecule has 0 saturated heterocycles. The molecule has 0 spiro atoms. The summed E-state index contributed by atoms with van der Waals surface area (Å²) in [6.07, 6.45) is -0.573. The van der Waals surface area contributed by atoms with Crippen LogP contribution in [0, 0.1) is 5.92 Å². The number of nitrogens with zero attached hydrogens (tertiary/aromatic N) is 3. The first kappa shape index (κ1) is 31.0. The number of rotatable bonds is 7. The molecule has 3 aromatic rings. The van der Waals surface area contributed by atoms with Crippen molar-refractivity contribution < 1.29 is 27.9 Å². The molecule has 0 radical (unpaired) electrons. The van der Waals surface area contributed by atoms with E-state index in [4.69, 9.17) is 4.74 Å². The number of amides is 3.